The molecule has 1 aliphatic carbocycles. The van der Waals surface area contributed by atoms with Crippen LogP contribution in [0.2, 0.25) is 0 Å². The molecule has 0 saturated heterocycles. The molecule has 0 spiro atoms. The third-order valence-electron chi connectivity index (χ3n) is 3.63. The molecule has 3 N–H and O–H groups in total. The second-order valence-corrected chi connectivity index (χ2v) is 7.61. The fourth-order valence-corrected chi connectivity index (χ4v) is 2.41. The summed E-state index contributed by atoms with van der Waals surface area (Å²) in [5, 5.41) is 7.96. The third kappa shape index (κ3) is 8.56. The number of rotatable bonds is 6. The first kappa shape index (κ1) is 21.0. The van der Waals surface area contributed by atoms with E-state index >= 15 is 0 Å². The highest BCUT2D eigenvalue weighted by Crippen LogP contribution is 2.15. The van der Waals surface area contributed by atoms with Gasteiger partial charge >= 0.3 is 6.09 Å². The first-order chi connectivity index (χ1) is 11.6. The van der Waals surface area contributed by atoms with Gasteiger partial charge in [-0.3, -0.25) is 9.59 Å². The fraction of sp³-hybridized carbons (Fsp3) is 0.722. The molecule has 7 heteroatoms. The highest BCUT2D eigenvalue weighted by Gasteiger charge is 2.25. The van der Waals surface area contributed by atoms with Crippen LogP contribution < -0.4 is 16.0 Å². The van der Waals surface area contributed by atoms with Crippen LogP contribution in [0.25, 0.3) is 0 Å². The van der Waals surface area contributed by atoms with Gasteiger partial charge in [-0.15, -0.1) is 0 Å². The van der Waals surface area contributed by atoms with Crippen LogP contribution in [0.5, 0.6) is 0 Å². The van der Waals surface area contributed by atoms with Gasteiger partial charge in [0, 0.05) is 5.70 Å². The third-order valence-corrected chi connectivity index (χ3v) is 3.63. The Morgan fingerprint density at radius 1 is 1.20 bits per heavy atom. The van der Waals surface area contributed by atoms with E-state index in [1.54, 1.807) is 20.8 Å². The molecule has 7 nitrogen and oxygen atoms in total. The average molecular weight is 353 g/mol. The van der Waals surface area contributed by atoms with Crippen LogP contribution in [0.1, 0.15) is 60.3 Å². The predicted molar refractivity (Wildman–Crippen MR) is 95.7 cm³/mol. The Morgan fingerprint density at radius 2 is 1.88 bits per heavy atom. The Bertz CT molecular complexity index is 521. The summed E-state index contributed by atoms with van der Waals surface area (Å²) < 4.78 is 5.07. The van der Waals surface area contributed by atoms with E-state index in [1.165, 1.54) is 0 Å². The van der Waals surface area contributed by atoms with Gasteiger partial charge in [-0.05, 0) is 52.4 Å². The minimum atomic E-state index is -0.666. The first-order valence-corrected chi connectivity index (χ1v) is 8.84. The summed E-state index contributed by atoms with van der Waals surface area (Å²) in [7, 11) is 0. The van der Waals surface area contributed by atoms with Crippen molar-refractivity contribution in [2.75, 3.05) is 6.54 Å². The second kappa shape index (κ2) is 9.44. The molecule has 0 aromatic heterocycles. The summed E-state index contributed by atoms with van der Waals surface area (Å²) >= 11 is 0. The molecular formula is C18H31N3O4. The van der Waals surface area contributed by atoms with E-state index in [2.05, 4.69) is 16.0 Å². The number of amides is 3. The lowest BCUT2D eigenvalue weighted by atomic mass is 10.0. The number of nitrogens with one attached hydrogen (secondary N) is 3. The summed E-state index contributed by atoms with van der Waals surface area (Å²) in [6.45, 7) is 8.71. The summed E-state index contributed by atoms with van der Waals surface area (Å²) in [5.41, 5.74) is 0.289. The largest absolute Gasteiger partial charge is 0.444 e. The molecule has 0 aliphatic heterocycles. The summed E-state index contributed by atoms with van der Waals surface area (Å²) in [4.78, 5) is 36.1. The van der Waals surface area contributed by atoms with E-state index in [0.717, 1.165) is 31.4 Å². The van der Waals surface area contributed by atoms with Gasteiger partial charge in [-0.2, -0.15) is 0 Å². The van der Waals surface area contributed by atoms with Gasteiger partial charge in [0.05, 0.1) is 0 Å². The van der Waals surface area contributed by atoms with E-state index in [-0.39, 0.29) is 18.4 Å². The normalized spacial score (nSPS) is 15.8. The number of hydrogen-bond donors (Lipinski definition) is 3. The van der Waals surface area contributed by atoms with Crippen LogP contribution in [-0.4, -0.2) is 36.1 Å². The molecule has 0 heterocycles. The quantitative estimate of drug-likeness (QED) is 0.682. The van der Waals surface area contributed by atoms with Crippen LogP contribution in [0.4, 0.5) is 4.79 Å². The second-order valence-electron chi connectivity index (χ2n) is 7.61. The molecule has 142 valence electrons. The van der Waals surface area contributed by atoms with Crippen LogP contribution >= 0.6 is 0 Å². The van der Waals surface area contributed by atoms with Crippen molar-refractivity contribution in [1.29, 1.82) is 0 Å². The summed E-state index contributed by atoms with van der Waals surface area (Å²) in [6, 6.07) is -0.657. The van der Waals surface area contributed by atoms with E-state index in [9.17, 15) is 14.4 Å². The summed E-state index contributed by atoms with van der Waals surface area (Å²) in [6.07, 6.45) is 5.38. The maximum Gasteiger partial charge on any atom is 0.408 e. The maximum absolute atomic E-state index is 12.4. The number of alkyl carbamates (subject to hydrolysis) is 1. The van der Waals surface area contributed by atoms with Gasteiger partial charge in [0.2, 0.25) is 11.8 Å². The number of allylic oxidation sites excluding steroid dienone is 2. The lowest BCUT2D eigenvalue weighted by Crippen LogP contribution is -2.52. The SMILES string of the molecule is CC(C)C(NC(=O)CNC(=O)OC(C)(C)C)C(=O)NC1=CCCCC1. The molecular weight excluding hydrogens is 322 g/mol. The molecule has 1 unspecified atom stereocenters. The van der Waals surface area contributed by atoms with E-state index in [4.69, 9.17) is 4.74 Å². The van der Waals surface area contributed by atoms with Gasteiger partial charge in [0.25, 0.3) is 0 Å². The first-order valence-electron chi connectivity index (χ1n) is 8.84. The molecule has 0 saturated carbocycles. The van der Waals surface area contributed by atoms with Crippen molar-refractivity contribution in [2.24, 2.45) is 5.92 Å². The van der Waals surface area contributed by atoms with Crippen molar-refractivity contribution in [3.05, 3.63) is 11.8 Å². The Kier molecular flexibility index (Phi) is 7.93. The number of ether oxygens (including phenoxy) is 1. The van der Waals surface area contributed by atoms with Crippen molar-refractivity contribution < 1.29 is 19.1 Å². The zero-order valence-corrected chi connectivity index (χ0v) is 15.9. The minimum absolute atomic E-state index is 0.0744. The van der Waals surface area contributed by atoms with Gasteiger partial charge in [0.1, 0.15) is 18.2 Å². The van der Waals surface area contributed by atoms with E-state index in [0.29, 0.717) is 0 Å². The molecule has 0 aromatic carbocycles. The monoisotopic (exact) mass is 353 g/mol. The average Bonchev–Trinajstić information content (AvgIpc) is 2.49. The highest BCUT2D eigenvalue weighted by molar-refractivity contribution is 5.90. The lowest BCUT2D eigenvalue weighted by molar-refractivity contribution is -0.129. The lowest BCUT2D eigenvalue weighted by Gasteiger charge is -2.24. The molecule has 0 radical (unpaired) electrons. The van der Waals surface area contributed by atoms with E-state index in [1.807, 2.05) is 19.9 Å². The number of carbonyl (C=O) groups is 3. The molecule has 0 fully saturated rings. The van der Waals surface area contributed by atoms with Crippen LogP contribution in [0, 0.1) is 5.92 Å². The Hall–Kier alpha value is -2.05. The number of carbonyl (C=O) groups excluding carboxylic acids is 3. The summed E-state index contributed by atoms with van der Waals surface area (Å²) in [5.74, 6) is -0.735. The predicted octanol–water partition coefficient (Wildman–Crippen LogP) is 2.23. The molecule has 0 aromatic rings. The van der Waals surface area contributed by atoms with Crippen molar-refractivity contribution >= 4 is 17.9 Å². The van der Waals surface area contributed by atoms with E-state index < -0.39 is 23.6 Å². The molecule has 1 atom stereocenters. The molecule has 1 aliphatic rings. The van der Waals surface area contributed by atoms with Crippen molar-refractivity contribution in [3.63, 3.8) is 0 Å². The molecule has 0 bridgehead atoms. The number of hydrogen-bond acceptors (Lipinski definition) is 4. The van der Waals surface area contributed by atoms with Crippen molar-refractivity contribution in [1.82, 2.24) is 16.0 Å². The Morgan fingerprint density at radius 3 is 2.40 bits per heavy atom. The minimum Gasteiger partial charge on any atom is -0.444 e. The van der Waals surface area contributed by atoms with Crippen molar-refractivity contribution in [3.8, 4) is 0 Å². The fourth-order valence-electron chi connectivity index (χ4n) is 2.41. The zero-order chi connectivity index (χ0) is 19.0. The van der Waals surface area contributed by atoms with Crippen LogP contribution in [-0.2, 0) is 14.3 Å². The van der Waals surface area contributed by atoms with Gasteiger partial charge < -0.3 is 20.7 Å². The standard InChI is InChI=1S/C18H31N3O4/c1-12(2)15(16(23)20-13-9-7-6-8-10-13)21-14(22)11-19-17(24)25-18(3,4)5/h9,12,15H,6-8,10-11H2,1-5H3,(H,19,24)(H,20,23)(H,21,22). The van der Waals surface area contributed by atoms with Gasteiger partial charge in [0.15, 0.2) is 0 Å². The molecule has 1 rings (SSSR count). The molecule has 3 amide bonds. The topological polar surface area (TPSA) is 96.5 Å². The Labute approximate surface area is 149 Å². The van der Waals surface area contributed by atoms with Gasteiger partial charge in [-0.1, -0.05) is 19.9 Å². The van der Waals surface area contributed by atoms with Crippen LogP contribution in [0.15, 0.2) is 11.8 Å². The Balaban J connectivity index is 2.50. The molecule has 25 heavy (non-hydrogen) atoms. The zero-order valence-electron chi connectivity index (χ0n) is 15.9. The van der Waals surface area contributed by atoms with Crippen LogP contribution in [0.3, 0.4) is 0 Å². The van der Waals surface area contributed by atoms with Crippen molar-refractivity contribution in [2.45, 2.75) is 71.9 Å². The highest BCUT2D eigenvalue weighted by atomic mass is 16.6. The van der Waals surface area contributed by atoms with Gasteiger partial charge in [-0.25, -0.2) is 4.79 Å². The maximum atomic E-state index is 12.4. The smallest absolute Gasteiger partial charge is 0.408 e.